The van der Waals surface area contributed by atoms with Crippen molar-refractivity contribution in [1.82, 2.24) is 9.55 Å². The van der Waals surface area contributed by atoms with Crippen LogP contribution >= 0.6 is 0 Å². The van der Waals surface area contributed by atoms with Crippen LogP contribution in [-0.4, -0.2) is 21.3 Å². The normalized spacial score (nSPS) is 12.2. The number of hydrogen-bond donors (Lipinski definition) is 1. The summed E-state index contributed by atoms with van der Waals surface area (Å²) in [6.07, 6.45) is 0.0642. The molecule has 1 aromatic heterocycles. The van der Waals surface area contributed by atoms with Crippen LogP contribution in [0.1, 0.15) is 29.5 Å². The van der Waals surface area contributed by atoms with Gasteiger partial charge in [-0.25, -0.2) is 4.98 Å². The zero-order chi connectivity index (χ0) is 19.3. The Bertz CT molecular complexity index is 1060. The van der Waals surface area contributed by atoms with E-state index in [0.717, 1.165) is 40.9 Å². The molecule has 1 N–H and O–H groups in total. The number of imidazole rings is 1. The maximum absolute atomic E-state index is 10.9. The van der Waals surface area contributed by atoms with Crippen molar-refractivity contribution in [3.05, 3.63) is 95.8 Å². The van der Waals surface area contributed by atoms with E-state index in [0.29, 0.717) is 12.4 Å². The van der Waals surface area contributed by atoms with Gasteiger partial charge in [-0.05, 0) is 42.7 Å². The Morgan fingerprint density at radius 2 is 1.64 bits per heavy atom. The number of aliphatic hydroxyl groups excluding tert-OH is 1. The lowest BCUT2D eigenvalue weighted by atomic mass is 10.1. The van der Waals surface area contributed by atoms with Gasteiger partial charge in [-0.15, -0.1) is 0 Å². The van der Waals surface area contributed by atoms with Crippen molar-refractivity contribution in [2.75, 3.05) is 6.61 Å². The third-order valence-electron chi connectivity index (χ3n) is 4.92. The number of hydrogen-bond acceptors (Lipinski definition) is 3. The molecule has 0 fully saturated rings. The molecule has 1 atom stereocenters. The van der Waals surface area contributed by atoms with E-state index in [-0.39, 0.29) is 0 Å². The van der Waals surface area contributed by atoms with Crippen molar-refractivity contribution in [2.45, 2.75) is 26.0 Å². The van der Waals surface area contributed by atoms with E-state index in [1.165, 1.54) is 0 Å². The minimum Gasteiger partial charge on any atom is -0.493 e. The molecule has 4 heteroatoms. The average Bonchev–Trinajstić information content (AvgIpc) is 3.11. The van der Waals surface area contributed by atoms with Crippen LogP contribution in [-0.2, 0) is 6.54 Å². The molecule has 0 unspecified atom stereocenters. The zero-order valence-electron chi connectivity index (χ0n) is 16.0. The summed E-state index contributed by atoms with van der Waals surface area (Å²) in [6, 6.07) is 25.7. The number of aryl methyl sites for hydroxylation is 2. The van der Waals surface area contributed by atoms with Gasteiger partial charge in [-0.1, -0.05) is 60.7 Å². The quantitative estimate of drug-likeness (QED) is 0.470. The summed E-state index contributed by atoms with van der Waals surface area (Å²) in [5.74, 6) is 1.59. The van der Waals surface area contributed by atoms with Gasteiger partial charge in [-0.3, -0.25) is 0 Å². The summed E-state index contributed by atoms with van der Waals surface area (Å²) in [7, 11) is 0. The Morgan fingerprint density at radius 3 is 2.46 bits per heavy atom. The first kappa shape index (κ1) is 18.3. The summed E-state index contributed by atoms with van der Waals surface area (Å²) in [5, 5.41) is 10.9. The van der Waals surface area contributed by atoms with Gasteiger partial charge in [0.25, 0.3) is 0 Å². The fourth-order valence-electron chi connectivity index (χ4n) is 3.45. The fourth-order valence-corrected chi connectivity index (χ4v) is 3.45. The van der Waals surface area contributed by atoms with Crippen LogP contribution in [0.2, 0.25) is 0 Å². The van der Waals surface area contributed by atoms with Gasteiger partial charge in [0, 0.05) is 6.54 Å². The Hall–Kier alpha value is -3.11. The third-order valence-corrected chi connectivity index (χ3v) is 4.92. The SMILES string of the molecule is Cc1ccccc1OCCCn1c([C@@H](O)c2ccccc2)nc2ccccc21. The lowest BCUT2D eigenvalue weighted by molar-refractivity contribution is 0.203. The Labute approximate surface area is 165 Å². The second-order valence-electron chi connectivity index (χ2n) is 6.89. The zero-order valence-corrected chi connectivity index (χ0v) is 16.0. The number of benzene rings is 3. The van der Waals surface area contributed by atoms with Crippen LogP contribution in [0.5, 0.6) is 5.75 Å². The van der Waals surface area contributed by atoms with Gasteiger partial charge in [0.05, 0.1) is 17.6 Å². The molecule has 0 aliphatic rings. The smallest absolute Gasteiger partial charge is 0.143 e. The van der Waals surface area contributed by atoms with Crippen molar-refractivity contribution in [3.63, 3.8) is 0 Å². The number of aromatic nitrogens is 2. The molecule has 4 aromatic rings. The van der Waals surface area contributed by atoms with Gasteiger partial charge in [0.2, 0.25) is 0 Å². The van der Waals surface area contributed by atoms with Crippen molar-refractivity contribution in [1.29, 1.82) is 0 Å². The molecular formula is C24H24N2O2. The van der Waals surface area contributed by atoms with Crippen LogP contribution in [0.25, 0.3) is 11.0 Å². The first-order chi connectivity index (χ1) is 13.7. The summed E-state index contributed by atoms with van der Waals surface area (Å²) in [5.41, 5.74) is 3.90. The highest BCUT2D eigenvalue weighted by Crippen LogP contribution is 2.26. The highest BCUT2D eigenvalue weighted by Gasteiger charge is 2.19. The number of ether oxygens (including phenoxy) is 1. The number of rotatable bonds is 7. The minimum atomic E-state index is -0.758. The Kier molecular flexibility index (Phi) is 5.40. The van der Waals surface area contributed by atoms with E-state index in [4.69, 9.17) is 9.72 Å². The summed E-state index contributed by atoms with van der Waals surface area (Å²) in [6.45, 7) is 3.39. The van der Waals surface area contributed by atoms with Crippen LogP contribution in [0.4, 0.5) is 0 Å². The van der Waals surface area contributed by atoms with Gasteiger partial charge in [0.1, 0.15) is 17.7 Å². The van der Waals surface area contributed by atoms with Crippen LogP contribution in [0.3, 0.4) is 0 Å². The van der Waals surface area contributed by atoms with E-state index in [2.05, 4.69) is 4.57 Å². The summed E-state index contributed by atoms with van der Waals surface area (Å²) in [4.78, 5) is 4.71. The first-order valence-corrected chi connectivity index (χ1v) is 9.60. The second-order valence-corrected chi connectivity index (χ2v) is 6.89. The highest BCUT2D eigenvalue weighted by atomic mass is 16.5. The molecule has 0 aliphatic heterocycles. The number of aliphatic hydroxyl groups is 1. The Morgan fingerprint density at radius 1 is 0.929 bits per heavy atom. The molecule has 28 heavy (non-hydrogen) atoms. The van der Waals surface area contributed by atoms with Gasteiger partial charge in [0.15, 0.2) is 0 Å². The number of para-hydroxylation sites is 3. The van der Waals surface area contributed by atoms with Gasteiger partial charge in [-0.2, -0.15) is 0 Å². The van der Waals surface area contributed by atoms with Crippen molar-refractivity contribution < 1.29 is 9.84 Å². The lowest BCUT2D eigenvalue weighted by Gasteiger charge is -2.15. The summed E-state index contributed by atoms with van der Waals surface area (Å²) >= 11 is 0. The molecule has 0 saturated carbocycles. The molecule has 0 spiro atoms. The van der Waals surface area contributed by atoms with E-state index in [1.54, 1.807) is 0 Å². The molecule has 4 rings (SSSR count). The van der Waals surface area contributed by atoms with Crippen molar-refractivity contribution >= 4 is 11.0 Å². The molecular weight excluding hydrogens is 348 g/mol. The van der Waals surface area contributed by atoms with Gasteiger partial charge < -0.3 is 14.4 Å². The van der Waals surface area contributed by atoms with Crippen LogP contribution in [0, 0.1) is 6.92 Å². The molecule has 0 radical (unpaired) electrons. The lowest BCUT2D eigenvalue weighted by Crippen LogP contribution is -2.12. The predicted octanol–water partition coefficient (Wildman–Crippen LogP) is 4.90. The third kappa shape index (κ3) is 3.78. The molecule has 0 bridgehead atoms. The number of fused-ring (bicyclic) bond motifs is 1. The maximum atomic E-state index is 10.9. The van der Waals surface area contributed by atoms with E-state index < -0.39 is 6.10 Å². The van der Waals surface area contributed by atoms with E-state index in [1.807, 2.05) is 85.8 Å². The van der Waals surface area contributed by atoms with E-state index in [9.17, 15) is 5.11 Å². The molecule has 3 aromatic carbocycles. The van der Waals surface area contributed by atoms with Gasteiger partial charge >= 0.3 is 0 Å². The minimum absolute atomic E-state index is 0.609. The standard InChI is InChI=1S/C24H24N2O2/c1-18-10-5-8-15-22(18)28-17-9-16-26-21-14-7-6-13-20(21)25-24(26)23(27)19-11-3-2-4-12-19/h2-8,10-15,23,27H,9,16-17H2,1H3/t23-/m0/s1. The molecule has 1 heterocycles. The summed E-state index contributed by atoms with van der Waals surface area (Å²) < 4.78 is 8.04. The van der Waals surface area contributed by atoms with Crippen molar-refractivity contribution in [2.24, 2.45) is 0 Å². The molecule has 0 saturated heterocycles. The fraction of sp³-hybridized carbons (Fsp3) is 0.208. The Balaban J connectivity index is 1.54. The maximum Gasteiger partial charge on any atom is 0.143 e. The highest BCUT2D eigenvalue weighted by molar-refractivity contribution is 5.76. The molecule has 4 nitrogen and oxygen atoms in total. The predicted molar refractivity (Wildman–Crippen MR) is 112 cm³/mol. The average molecular weight is 372 g/mol. The molecule has 0 amide bonds. The monoisotopic (exact) mass is 372 g/mol. The first-order valence-electron chi connectivity index (χ1n) is 9.60. The van der Waals surface area contributed by atoms with Crippen molar-refractivity contribution in [3.8, 4) is 5.75 Å². The topological polar surface area (TPSA) is 47.3 Å². The number of nitrogens with zero attached hydrogens (tertiary/aromatic N) is 2. The molecule has 142 valence electrons. The molecule has 0 aliphatic carbocycles. The second kappa shape index (κ2) is 8.28. The largest absolute Gasteiger partial charge is 0.493 e. The van der Waals surface area contributed by atoms with Crippen LogP contribution < -0.4 is 4.74 Å². The van der Waals surface area contributed by atoms with Crippen LogP contribution in [0.15, 0.2) is 78.9 Å². The van der Waals surface area contributed by atoms with E-state index >= 15 is 0 Å².